The van der Waals surface area contributed by atoms with Crippen molar-refractivity contribution in [1.29, 1.82) is 0 Å². The van der Waals surface area contributed by atoms with Crippen LogP contribution in [0.5, 0.6) is 0 Å². The fourth-order valence-electron chi connectivity index (χ4n) is 2.87. The van der Waals surface area contributed by atoms with Crippen LogP contribution in [-0.2, 0) is 7.05 Å². The number of likely N-dealkylation sites (tertiary alicyclic amines) is 1. The summed E-state index contributed by atoms with van der Waals surface area (Å²) in [5, 5.41) is 8.35. The van der Waals surface area contributed by atoms with Crippen molar-refractivity contribution in [2.75, 3.05) is 13.1 Å². The number of amides is 1. The van der Waals surface area contributed by atoms with Crippen molar-refractivity contribution in [3.05, 3.63) is 46.8 Å². The van der Waals surface area contributed by atoms with Gasteiger partial charge < -0.3 is 9.47 Å². The third-order valence-corrected chi connectivity index (χ3v) is 4.21. The van der Waals surface area contributed by atoms with Gasteiger partial charge in [-0.3, -0.25) is 4.79 Å². The molecule has 1 amide bonds. The van der Waals surface area contributed by atoms with Gasteiger partial charge in [-0.2, -0.15) is 0 Å². The second kappa shape index (κ2) is 6.04. The SMILES string of the molecule is Cn1cnnc1[C@@H]1CCCN(C(=O)c2cc(Cl)ccc2F)C1. The lowest BCUT2D eigenvalue weighted by Crippen LogP contribution is -2.40. The monoisotopic (exact) mass is 322 g/mol. The molecule has 0 spiro atoms. The Morgan fingerprint density at radius 3 is 3.00 bits per heavy atom. The van der Waals surface area contributed by atoms with E-state index in [0.717, 1.165) is 18.7 Å². The first-order valence-corrected chi connectivity index (χ1v) is 7.52. The zero-order chi connectivity index (χ0) is 15.7. The van der Waals surface area contributed by atoms with Crippen molar-refractivity contribution in [2.45, 2.75) is 18.8 Å². The summed E-state index contributed by atoms with van der Waals surface area (Å²) < 4.78 is 15.7. The molecular weight excluding hydrogens is 307 g/mol. The number of piperidine rings is 1. The summed E-state index contributed by atoms with van der Waals surface area (Å²) in [6.45, 7) is 1.12. The Hall–Kier alpha value is -1.95. The first-order chi connectivity index (χ1) is 10.6. The van der Waals surface area contributed by atoms with E-state index in [9.17, 15) is 9.18 Å². The van der Waals surface area contributed by atoms with E-state index < -0.39 is 5.82 Å². The van der Waals surface area contributed by atoms with Gasteiger partial charge in [0.1, 0.15) is 18.0 Å². The fourth-order valence-corrected chi connectivity index (χ4v) is 3.04. The van der Waals surface area contributed by atoms with E-state index in [1.807, 2.05) is 11.6 Å². The molecule has 1 aromatic heterocycles. The smallest absolute Gasteiger partial charge is 0.256 e. The van der Waals surface area contributed by atoms with Gasteiger partial charge in [-0.05, 0) is 31.0 Å². The lowest BCUT2D eigenvalue weighted by molar-refractivity contribution is 0.0698. The van der Waals surface area contributed by atoms with Crippen LogP contribution in [0.1, 0.15) is 34.9 Å². The fraction of sp³-hybridized carbons (Fsp3) is 0.400. The van der Waals surface area contributed by atoms with Gasteiger partial charge in [0.15, 0.2) is 0 Å². The molecule has 1 fully saturated rings. The average Bonchev–Trinajstić information content (AvgIpc) is 2.95. The van der Waals surface area contributed by atoms with Gasteiger partial charge in [-0.1, -0.05) is 11.6 Å². The zero-order valence-electron chi connectivity index (χ0n) is 12.2. The standard InChI is InChI=1S/C15H16ClFN4O/c1-20-9-18-19-14(20)10-3-2-6-21(8-10)15(22)12-7-11(16)4-5-13(12)17/h4-5,7,9-10H,2-3,6,8H2,1H3/t10-/m1/s1. The van der Waals surface area contributed by atoms with Gasteiger partial charge in [0.2, 0.25) is 0 Å². The lowest BCUT2D eigenvalue weighted by atomic mass is 9.96. The number of nitrogens with zero attached hydrogens (tertiary/aromatic N) is 4. The Balaban J connectivity index is 1.81. The summed E-state index contributed by atoms with van der Waals surface area (Å²) in [7, 11) is 1.88. The van der Waals surface area contributed by atoms with Crippen LogP contribution in [0.2, 0.25) is 5.02 Å². The number of hydrogen-bond acceptors (Lipinski definition) is 3. The minimum Gasteiger partial charge on any atom is -0.338 e. The molecule has 0 bridgehead atoms. The van der Waals surface area contributed by atoms with Crippen LogP contribution in [0, 0.1) is 5.82 Å². The Kier molecular flexibility index (Phi) is 4.11. The maximum atomic E-state index is 13.9. The highest BCUT2D eigenvalue weighted by molar-refractivity contribution is 6.31. The van der Waals surface area contributed by atoms with Crippen molar-refractivity contribution in [3.8, 4) is 0 Å². The van der Waals surface area contributed by atoms with E-state index in [-0.39, 0.29) is 17.4 Å². The zero-order valence-corrected chi connectivity index (χ0v) is 12.9. The van der Waals surface area contributed by atoms with Crippen molar-refractivity contribution in [2.24, 2.45) is 7.05 Å². The maximum Gasteiger partial charge on any atom is 0.256 e. The van der Waals surface area contributed by atoms with E-state index in [2.05, 4.69) is 10.2 Å². The largest absolute Gasteiger partial charge is 0.338 e. The number of benzene rings is 1. The van der Waals surface area contributed by atoms with Crippen LogP contribution in [0.25, 0.3) is 0 Å². The van der Waals surface area contributed by atoms with Gasteiger partial charge >= 0.3 is 0 Å². The first kappa shape index (κ1) is 15.0. The Labute approximate surface area is 132 Å². The van der Waals surface area contributed by atoms with E-state index in [1.165, 1.54) is 18.2 Å². The molecule has 0 aliphatic carbocycles. The molecule has 1 saturated heterocycles. The maximum absolute atomic E-state index is 13.9. The highest BCUT2D eigenvalue weighted by atomic mass is 35.5. The van der Waals surface area contributed by atoms with Crippen LogP contribution in [-0.4, -0.2) is 38.7 Å². The number of hydrogen-bond donors (Lipinski definition) is 0. The lowest BCUT2D eigenvalue weighted by Gasteiger charge is -2.32. The van der Waals surface area contributed by atoms with Crippen LogP contribution in [0.15, 0.2) is 24.5 Å². The van der Waals surface area contributed by atoms with E-state index in [0.29, 0.717) is 18.1 Å². The molecule has 7 heteroatoms. The summed E-state index contributed by atoms with van der Waals surface area (Å²) in [4.78, 5) is 14.2. The van der Waals surface area contributed by atoms with Crippen LogP contribution in [0.4, 0.5) is 4.39 Å². The minimum absolute atomic E-state index is 0.0196. The summed E-state index contributed by atoms with van der Waals surface area (Å²) in [6, 6.07) is 4.04. The third-order valence-electron chi connectivity index (χ3n) is 3.98. The quantitative estimate of drug-likeness (QED) is 0.854. The number of aryl methyl sites for hydroxylation is 1. The highest BCUT2D eigenvalue weighted by Crippen LogP contribution is 2.27. The van der Waals surface area contributed by atoms with Crippen molar-refractivity contribution in [1.82, 2.24) is 19.7 Å². The van der Waals surface area contributed by atoms with Gasteiger partial charge in [-0.15, -0.1) is 10.2 Å². The van der Waals surface area contributed by atoms with Crippen LogP contribution in [0.3, 0.4) is 0 Å². The Morgan fingerprint density at radius 2 is 2.27 bits per heavy atom. The second-order valence-corrected chi connectivity index (χ2v) is 5.95. The molecule has 3 rings (SSSR count). The van der Waals surface area contributed by atoms with Gasteiger partial charge in [-0.25, -0.2) is 4.39 Å². The molecule has 0 saturated carbocycles. The number of carbonyl (C=O) groups is 1. The molecule has 0 radical (unpaired) electrons. The number of halogens is 2. The van der Waals surface area contributed by atoms with Crippen LogP contribution >= 0.6 is 11.6 Å². The Morgan fingerprint density at radius 1 is 1.45 bits per heavy atom. The van der Waals surface area contributed by atoms with Crippen molar-refractivity contribution >= 4 is 17.5 Å². The molecule has 2 heterocycles. The molecule has 1 aliphatic heterocycles. The van der Waals surface area contributed by atoms with E-state index >= 15 is 0 Å². The first-order valence-electron chi connectivity index (χ1n) is 7.14. The number of aromatic nitrogens is 3. The molecule has 22 heavy (non-hydrogen) atoms. The predicted octanol–water partition coefficient (Wildman–Crippen LogP) is 2.63. The third kappa shape index (κ3) is 2.83. The summed E-state index contributed by atoms with van der Waals surface area (Å²) in [5.41, 5.74) is 0.0196. The molecular formula is C15H16ClFN4O. The minimum atomic E-state index is -0.546. The van der Waals surface area contributed by atoms with E-state index in [4.69, 9.17) is 11.6 Å². The van der Waals surface area contributed by atoms with Crippen molar-refractivity contribution in [3.63, 3.8) is 0 Å². The Bertz CT molecular complexity index is 703. The second-order valence-electron chi connectivity index (χ2n) is 5.51. The summed E-state index contributed by atoms with van der Waals surface area (Å²) in [5.74, 6) is 0.0959. The van der Waals surface area contributed by atoms with Crippen molar-refractivity contribution < 1.29 is 9.18 Å². The normalized spacial score (nSPS) is 18.5. The molecule has 116 valence electrons. The molecule has 2 aromatic rings. The van der Waals surface area contributed by atoms with Crippen LogP contribution < -0.4 is 0 Å². The topological polar surface area (TPSA) is 51.0 Å². The summed E-state index contributed by atoms with van der Waals surface area (Å²) >= 11 is 5.87. The molecule has 1 aliphatic rings. The molecule has 0 N–H and O–H groups in total. The predicted molar refractivity (Wildman–Crippen MR) is 80.3 cm³/mol. The average molecular weight is 323 g/mol. The molecule has 1 atom stereocenters. The number of carbonyl (C=O) groups excluding carboxylic acids is 1. The molecule has 0 unspecified atom stereocenters. The molecule has 1 aromatic carbocycles. The number of rotatable bonds is 2. The van der Waals surface area contributed by atoms with E-state index in [1.54, 1.807) is 11.2 Å². The highest BCUT2D eigenvalue weighted by Gasteiger charge is 2.29. The molecule has 5 nitrogen and oxygen atoms in total. The van der Waals surface area contributed by atoms with Gasteiger partial charge in [0.05, 0.1) is 5.56 Å². The van der Waals surface area contributed by atoms with Gasteiger partial charge in [0.25, 0.3) is 5.91 Å². The van der Waals surface area contributed by atoms with Gasteiger partial charge in [0, 0.05) is 31.1 Å². The summed E-state index contributed by atoms with van der Waals surface area (Å²) in [6.07, 6.45) is 3.44.